The van der Waals surface area contributed by atoms with E-state index < -0.39 is 0 Å². The molecule has 1 aliphatic rings. The van der Waals surface area contributed by atoms with Crippen LogP contribution in [0.15, 0.2) is 66.2 Å². The first kappa shape index (κ1) is 19.7. The summed E-state index contributed by atoms with van der Waals surface area (Å²) < 4.78 is 15.0. The zero-order valence-corrected chi connectivity index (χ0v) is 17.7. The van der Waals surface area contributed by atoms with Crippen LogP contribution >= 0.6 is 11.8 Å². The van der Waals surface area contributed by atoms with E-state index in [4.69, 9.17) is 0 Å². The fraction of sp³-hybridized carbons (Fsp3) is 0.217. The number of hydrogen-bond donors (Lipinski definition) is 1. The summed E-state index contributed by atoms with van der Waals surface area (Å²) in [6.45, 7) is 0. The van der Waals surface area contributed by atoms with Crippen LogP contribution in [-0.4, -0.2) is 31.9 Å². The third-order valence-electron chi connectivity index (χ3n) is 5.87. The number of carbonyl (C=O) groups is 1. The molecular weight excluding hydrogens is 413 g/mol. The van der Waals surface area contributed by atoms with Crippen LogP contribution in [0.25, 0.3) is 16.6 Å². The van der Waals surface area contributed by atoms with Crippen molar-refractivity contribution in [2.24, 2.45) is 0 Å². The van der Waals surface area contributed by atoms with Crippen LogP contribution in [0.3, 0.4) is 0 Å². The second-order valence-corrected chi connectivity index (χ2v) is 8.46. The quantitative estimate of drug-likeness (QED) is 0.470. The summed E-state index contributed by atoms with van der Waals surface area (Å²) in [6.07, 6.45) is 11.5. The molecule has 0 radical (unpaired) electrons. The second-order valence-electron chi connectivity index (χ2n) is 7.63. The second kappa shape index (κ2) is 7.77. The number of nitrogens with one attached hydrogen (secondary N) is 1. The van der Waals surface area contributed by atoms with Crippen molar-refractivity contribution in [3.8, 4) is 5.69 Å². The number of thioether (sulfide) groups is 1. The summed E-state index contributed by atoms with van der Waals surface area (Å²) >= 11 is 1.58. The Balaban J connectivity index is 1.49. The molecule has 31 heavy (non-hydrogen) atoms. The number of benzene rings is 1. The van der Waals surface area contributed by atoms with Gasteiger partial charge in [0.15, 0.2) is 0 Å². The molecule has 5 rings (SSSR count). The fourth-order valence-corrected chi connectivity index (χ4v) is 4.44. The largest absolute Gasteiger partial charge is 0.342 e. The van der Waals surface area contributed by atoms with Gasteiger partial charge in [0.2, 0.25) is 0 Å². The molecule has 0 atom stereocenters. The van der Waals surface area contributed by atoms with Crippen LogP contribution in [0.4, 0.5) is 4.39 Å². The number of aromatic nitrogens is 4. The van der Waals surface area contributed by atoms with Crippen LogP contribution < -0.4 is 5.32 Å². The molecule has 156 valence electrons. The first-order chi connectivity index (χ1) is 15.1. The van der Waals surface area contributed by atoms with Crippen molar-refractivity contribution >= 4 is 28.6 Å². The highest BCUT2D eigenvalue weighted by molar-refractivity contribution is 7.98. The Labute approximate surface area is 182 Å². The average molecular weight is 434 g/mol. The molecule has 1 amide bonds. The molecule has 1 aliphatic carbocycles. The highest BCUT2D eigenvalue weighted by atomic mass is 32.2. The maximum atomic E-state index is 13.3. The van der Waals surface area contributed by atoms with Crippen LogP contribution in [0.5, 0.6) is 0 Å². The number of pyridine rings is 2. The van der Waals surface area contributed by atoms with Gasteiger partial charge in [-0.1, -0.05) is 0 Å². The van der Waals surface area contributed by atoms with E-state index in [0.29, 0.717) is 22.2 Å². The van der Waals surface area contributed by atoms with Gasteiger partial charge in [-0.25, -0.2) is 14.1 Å². The molecule has 4 aromatic rings. The summed E-state index contributed by atoms with van der Waals surface area (Å²) in [5.41, 5.74) is 2.55. The molecule has 0 bridgehead atoms. The van der Waals surface area contributed by atoms with Gasteiger partial charge in [-0.2, -0.15) is 5.10 Å². The van der Waals surface area contributed by atoms with Gasteiger partial charge in [0.25, 0.3) is 5.91 Å². The Kier molecular flexibility index (Phi) is 4.94. The molecule has 1 aromatic carbocycles. The van der Waals surface area contributed by atoms with Crippen molar-refractivity contribution in [1.29, 1.82) is 0 Å². The number of halogens is 1. The zero-order chi connectivity index (χ0) is 21.4. The molecule has 0 saturated heterocycles. The monoisotopic (exact) mass is 433 g/mol. The predicted molar refractivity (Wildman–Crippen MR) is 118 cm³/mol. The van der Waals surface area contributed by atoms with Gasteiger partial charge >= 0.3 is 0 Å². The lowest BCUT2D eigenvalue weighted by molar-refractivity contribution is 0.0824. The SMILES string of the molecule is CSc1cc(C2(NC(=O)c3cncc4c3cnn4-c3ccc(F)cc3)CCC2)ccn1. The Morgan fingerprint density at radius 1 is 1.16 bits per heavy atom. The number of amides is 1. The van der Waals surface area contributed by atoms with E-state index in [0.717, 1.165) is 29.9 Å². The first-order valence-electron chi connectivity index (χ1n) is 10.0. The lowest BCUT2D eigenvalue weighted by atomic mass is 9.72. The minimum absolute atomic E-state index is 0.182. The van der Waals surface area contributed by atoms with Gasteiger partial charge in [-0.05, 0) is 67.5 Å². The lowest BCUT2D eigenvalue weighted by Gasteiger charge is -2.43. The van der Waals surface area contributed by atoms with E-state index >= 15 is 0 Å². The number of carbonyl (C=O) groups excluding carboxylic acids is 1. The van der Waals surface area contributed by atoms with Gasteiger partial charge in [-0.3, -0.25) is 9.78 Å². The predicted octanol–water partition coefficient (Wildman–Crippen LogP) is 4.49. The zero-order valence-electron chi connectivity index (χ0n) is 16.9. The van der Waals surface area contributed by atoms with E-state index in [1.807, 2.05) is 12.3 Å². The molecule has 3 aromatic heterocycles. The topological polar surface area (TPSA) is 72.7 Å². The number of nitrogens with zero attached hydrogens (tertiary/aromatic N) is 4. The summed E-state index contributed by atoms with van der Waals surface area (Å²) in [7, 11) is 0. The Morgan fingerprint density at radius 2 is 1.97 bits per heavy atom. The van der Waals surface area contributed by atoms with Gasteiger partial charge in [-0.15, -0.1) is 11.8 Å². The van der Waals surface area contributed by atoms with E-state index in [1.54, 1.807) is 53.4 Å². The molecule has 3 heterocycles. The van der Waals surface area contributed by atoms with Crippen molar-refractivity contribution in [1.82, 2.24) is 25.1 Å². The number of rotatable bonds is 5. The highest BCUT2D eigenvalue weighted by Gasteiger charge is 2.40. The van der Waals surface area contributed by atoms with E-state index in [2.05, 4.69) is 26.4 Å². The highest BCUT2D eigenvalue weighted by Crippen LogP contribution is 2.42. The van der Waals surface area contributed by atoms with E-state index in [-0.39, 0.29) is 17.3 Å². The van der Waals surface area contributed by atoms with Gasteiger partial charge in [0.1, 0.15) is 5.82 Å². The molecule has 0 aliphatic heterocycles. The van der Waals surface area contributed by atoms with Crippen molar-refractivity contribution in [3.05, 3.63) is 78.1 Å². The molecule has 8 heteroatoms. The molecular formula is C23H20FN5OS. The summed E-state index contributed by atoms with van der Waals surface area (Å²) in [5, 5.41) is 9.31. The van der Waals surface area contributed by atoms with Gasteiger partial charge in [0.05, 0.1) is 39.7 Å². The van der Waals surface area contributed by atoms with E-state index in [9.17, 15) is 9.18 Å². The normalized spacial score (nSPS) is 14.9. The maximum Gasteiger partial charge on any atom is 0.254 e. The standard InChI is InChI=1S/C23H20FN5OS/c1-31-21-11-15(7-10-26-21)23(8-2-9-23)28-22(30)19-12-25-14-20-18(19)13-27-29(20)17-5-3-16(24)4-6-17/h3-7,10-14H,2,8-9H2,1H3,(H,28,30). The minimum Gasteiger partial charge on any atom is -0.342 e. The summed E-state index contributed by atoms with van der Waals surface area (Å²) in [4.78, 5) is 22.0. The number of fused-ring (bicyclic) bond motifs is 1. The third-order valence-corrected chi connectivity index (χ3v) is 6.51. The molecule has 1 N–H and O–H groups in total. The smallest absolute Gasteiger partial charge is 0.254 e. The maximum absolute atomic E-state index is 13.3. The van der Waals surface area contributed by atoms with Gasteiger partial charge in [0, 0.05) is 17.8 Å². The molecule has 6 nitrogen and oxygen atoms in total. The van der Waals surface area contributed by atoms with Crippen molar-refractivity contribution in [2.45, 2.75) is 29.8 Å². The third kappa shape index (κ3) is 3.46. The molecule has 0 spiro atoms. The van der Waals surface area contributed by atoms with Gasteiger partial charge < -0.3 is 5.32 Å². The average Bonchev–Trinajstić information content (AvgIpc) is 3.21. The molecule has 1 fully saturated rings. The van der Waals surface area contributed by atoms with Crippen molar-refractivity contribution in [3.63, 3.8) is 0 Å². The summed E-state index contributed by atoms with van der Waals surface area (Å²) in [6, 6.07) is 10.1. The lowest BCUT2D eigenvalue weighted by Crippen LogP contribution is -2.50. The summed E-state index contributed by atoms with van der Waals surface area (Å²) in [5.74, 6) is -0.496. The molecule has 1 saturated carbocycles. The number of hydrogen-bond acceptors (Lipinski definition) is 5. The van der Waals surface area contributed by atoms with Crippen LogP contribution in [0.2, 0.25) is 0 Å². The Morgan fingerprint density at radius 3 is 2.68 bits per heavy atom. The van der Waals surface area contributed by atoms with Crippen LogP contribution in [0, 0.1) is 5.82 Å². The Hall–Kier alpha value is -3.26. The Bertz CT molecular complexity index is 1270. The van der Waals surface area contributed by atoms with E-state index in [1.165, 1.54) is 12.1 Å². The van der Waals surface area contributed by atoms with Crippen LogP contribution in [0.1, 0.15) is 35.2 Å². The first-order valence-corrected chi connectivity index (χ1v) is 11.2. The van der Waals surface area contributed by atoms with Crippen molar-refractivity contribution in [2.75, 3.05) is 6.26 Å². The minimum atomic E-state index is -0.389. The van der Waals surface area contributed by atoms with Crippen molar-refractivity contribution < 1.29 is 9.18 Å². The molecule has 0 unspecified atom stereocenters. The van der Waals surface area contributed by atoms with Crippen LogP contribution in [-0.2, 0) is 5.54 Å². The fourth-order valence-electron chi connectivity index (χ4n) is 4.03.